The van der Waals surface area contributed by atoms with E-state index >= 15 is 0 Å². The van der Waals surface area contributed by atoms with Crippen LogP contribution in [0.15, 0.2) is 72.8 Å². The molecule has 0 fully saturated rings. The number of benzene rings is 4. The Morgan fingerprint density at radius 3 is 0.699 bits per heavy atom. The molecule has 0 bridgehead atoms. The van der Waals surface area contributed by atoms with Crippen LogP contribution in [0.2, 0.25) is 0 Å². The summed E-state index contributed by atoms with van der Waals surface area (Å²) in [4.78, 5) is 52.3. The Labute approximate surface area is 469 Å². The zero-order valence-corrected chi connectivity index (χ0v) is 48.7. The molecular weight excluding hydrogens is 1030 g/mol. The molecule has 0 unspecified atom stereocenters. The van der Waals surface area contributed by atoms with Crippen LogP contribution >= 0.6 is 48.9 Å². The maximum atomic E-state index is 12.8. The van der Waals surface area contributed by atoms with Gasteiger partial charge in [0.05, 0.1) is 79.1 Å². The molecule has 0 atom stereocenters. The number of carbonyl (C=O) groups is 4. The number of rotatable bonds is 16. The van der Waals surface area contributed by atoms with Crippen LogP contribution in [0.25, 0.3) is 0 Å². The van der Waals surface area contributed by atoms with Gasteiger partial charge in [0.2, 0.25) is 0 Å². The minimum Gasteiger partial charge on any atom is -0.493 e. The molecule has 0 aliphatic heterocycles. The second-order valence-corrected chi connectivity index (χ2v) is 16.5. The van der Waals surface area contributed by atoms with E-state index in [9.17, 15) is 19.2 Å². The van der Waals surface area contributed by atoms with Crippen molar-refractivity contribution in [3.05, 3.63) is 95.1 Å². The first-order valence-corrected chi connectivity index (χ1v) is 23.0. The summed E-state index contributed by atoms with van der Waals surface area (Å²) in [7, 11) is 18.3. The Hall–Kier alpha value is -6.28. The standard InChI is InChI=1S/2C24H30N4O6S2.Na/c2*1-14(21(29)25-27(2)23(35)15-10-8-12-17(31-4)19(15)33-6)22(30)26-28(3)24(36)16-11-9-13-18(32-5)20(16)34-7;/h2*8-14H,1-7H3,(H,25,29)(H,26,30);/q;;+1. The van der Waals surface area contributed by atoms with Crippen LogP contribution in [0.3, 0.4) is 0 Å². The Morgan fingerprint density at radius 1 is 0.370 bits per heavy atom. The monoisotopic (exact) mass is 1090 g/mol. The molecule has 0 radical (unpaired) electrons. The molecular formula is C48H60N8NaO12S4+. The molecule has 0 aliphatic carbocycles. The van der Waals surface area contributed by atoms with E-state index in [1.807, 2.05) is 0 Å². The van der Waals surface area contributed by atoms with Gasteiger partial charge in [-0.05, 0) is 62.4 Å². The molecule has 4 N–H and O–H groups in total. The van der Waals surface area contributed by atoms with Crippen LogP contribution in [-0.2, 0) is 19.2 Å². The van der Waals surface area contributed by atoms with Crippen molar-refractivity contribution >= 4 is 92.5 Å². The number of hydrogen-bond donors (Lipinski definition) is 4. The summed E-state index contributed by atoms with van der Waals surface area (Å²) in [6, 6.07) is 20.9. The molecule has 4 aromatic rings. The zero-order chi connectivity index (χ0) is 54.0. The quantitative estimate of drug-likeness (QED) is 0.0546. The van der Waals surface area contributed by atoms with E-state index in [4.69, 9.17) is 86.8 Å². The van der Waals surface area contributed by atoms with E-state index in [-0.39, 0.29) is 49.5 Å². The van der Waals surface area contributed by atoms with Gasteiger partial charge in [-0.3, -0.25) is 60.9 Å². The zero-order valence-electron chi connectivity index (χ0n) is 43.4. The molecule has 0 saturated heterocycles. The van der Waals surface area contributed by atoms with Crippen LogP contribution in [-0.4, -0.2) is 149 Å². The fourth-order valence-electron chi connectivity index (χ4n) is 6.43. The van der Waals surface area contributed by atoms with Gasteiger partial charge in [0.1, 0.15) is 31.8 Å². The number of nitrogens with zero attached hydrogens (tertiary/aromatic N) is 4. The molecule has 0 saturated carbocycles. The van der Waals surface area contributed by atoms with Gasteiger partial charge in [-0.15, -0.1) is 0 Å². The largest absolute Gasteiger partial charge is 1.00 e. The van der Waals surface area contributed by atoms with Crippen LogP contribution in [0.4, 0.5) is 0 Å². The second kappa shape index (κ2) is 30.0. The summed E-state index contributed by atoms with van der Waals surface area (Å²) in [6.07, 6.45) is 0. The van der Waals surface area contributed by atoms with E-state index < -0.39 is 35.5 Å². The molecule has 20 nitrogen and oxygen atoms in total. The third-order valence-corrected chi connectivity index (χ3v) is 12.4. The van der Waals surface area contributed by atoms with Crippen molar-refractivity contribution in [3.63, 3.8) is 0 Å². The average Bonchev–Trinajstić information content (AvgIpc) is 3.40. The van der Waals surface area contributed by atoms with E-state index in [1.54, 1.807) is 101 Å². The first kappa shape index (κ1) is 62.8. The fourth-order valence-corrected chi connectivity index (χ4v) is 7.26. The van der Waals surface area contributed by atoms with Crippen LogP contribution in [0.1, 0.15) is 36.1 Å². The SMILES string of the molecule is COc1cccc(C(=S)N(C)NC(=O)C(C)C(=O)NN(C)C(=S)c2cccc(OC)c2OC)c1OC.COc1cccc(C(=S)N(C)NC(=O)C(C)C(=O)NN(C)C(=S)c2cccc(OC)c2OC)c1OC.[Na+]. The predicted molar refractivity (Wildman–Crippen MR) is 287 cm³/mol. The summed E-state index contributed by atoms with van der Waals surface area (Å²) >= 11 is 22.0. The third-order valence-electron chi connectivity index (χ3n) is 10.4. The first-order valence-electron chi connectivity index (χ1n) is 21.4. The summed E-state index contributed by atoms with van der Waals surface area (Å²) in [5.74, 6) is -0.717. The molecule has 4 aromatic carbocycles. The van der Waals surface area contributed by atoms with Gasteiger partial charge in [-0.2, -0.15) is 0 Å². The molecule has 0 aliphatic rings. The van der Waals surface area contributed by atoms with Crippen molar-refractivity contribution in [1.82, 2.24) is 41.7 Å². The number of amides is 4. The molecule has 73 heavy (non-hydrogen) atoms. The topological polar surface area (TPSA) is 203 Å². The summed E-state index contributed by atoms with van der Waals surface area (Å²) < 4.78 is 42.8. The molecule has 4 rings (SSSR count). The number of ether oxygens (including phenoxy) is 8. The minimum absolute atomic E-state index is 0. The van der Waals surface area contributed by atoms with Gasteiger partial charge < -0.3 is 37.9 Å². The van der Waals surface area contributed by atoms with Crippen molar-refractivity contribution in [2.45, 2.75) is 13.8 Å². The molecule has 0 aromatic heterocycles. The Kier molecular flexibility index (Phi) is 25.9. The second-order valence-electron chi connectivity index (χ2n) is 15.0. The summed E-state index contributed by atoms with van der Waals surface area (Å²) in [5, 5.41) is 5.37. The van der Waals surface area contributed by atoms with Crippen molar-refractivity contribution in [2.24, 2.45) is 11.8 Å². The van der Waals surface area contributed by atoms with Gasteiger partial charge in [0, 0.05) is 28.2 Å². The molecule has 0 spiro atoms. The third kappa shape index (κ3) is 15.9. The maximum absolute atomic E-state index is 12.8. The van der Waals surface area contributed by atoms with Gasteiger partial charge in [0.15, 0.2) is 46.0 Å². The van der Waals surface area contributed by atoms with Gasteiger partial charge in [-0.25, -0.2) is 0 Å². The van der Waals surface area contributed by atoms with E-state index in [0.717, 1.165) is 0 Å². The fraction of sp³-hybridized carbons (Fsp3) is 0.333. The van der Waals surface area contributed by atoms with Crippen molar-refractivity contribution in [2.75, 3.05) is 85.1 Å². The van der Waals surface area contributed by atoms with Crippen molar-refractivity contribution < 1.29 is 86.6 Å². The molecule has 0 heterocycles. The predicted octanol–water partition coefficient (Wildman–Crippen LogP) is 1.67. The summed E-state index contributed by atoms with van der Waals surface area (Å²) in [5.41, 5.74) is 12.7. The van der Waals surface area contributed by atoms with Gasteiger partial charge in [-0.1, -0.05) is 73.1 Å². The Bertz CT molecular complexity index is 2300. The molecule has 4 amide bonds. The van der Waals surface area contributed by atoms with Gasteiger partial charge in [0.25, 0.3) is 23.6 Å². The number of para-hydroxylation sites is 4. The summed E-state index contributed by atoms with van der Waals surface area (Å²) in [6.45, 7) is 2.94. The first-order chi connectivity index (χ1) is 34.2. The van der Waals surface area contributed by atoms with Crippen molar-refractivity contribution in [3.8, 4) is 46.0 Å². The number of carbonyl (C=O) groups excluding carboxylic acids is 4. The Balaban J connectivity index is 0.000000493. The molecule has 25 heteroatoms. The number of hydrogen-bond acceptors (Lipinski definition) is 16. The van der Waals surface area contributed by atoms with Crippen LogP contribution in [0, 0.1) is 11.8 Å². The smallest absolute Gasteiger partial charge is 0.493 e. The average molecular weight is 1090 g/mol. The number of nitrogens with one attached hydrogen (secondary N) is 4. The van der Waals surface area contributed by atoms with E-state index in [0.29, 0.717) is 68.2 Å². The number of methoxy groups -OCH3 is 8. The van der Waals surface area contributed by atoms with Crippen molar-refractivity contribution in [1.29, 1.82) is 0 Å². The van der Waals surface area contributed by atoms with Crippen LogP contribution < -0.4 is 89.2 Å². The number of thiocarbonyl (C=S) groups is 4. The maximum Gasteiger partial charge on any atom is 1.00 e. The number of hydrazine groups is 4. The van der Waals surface area contributed by atoms with E-state index in [1.165, 1.54) is 90.8 Å². The van der Waals surface area contributed by atoms with Crippen LogP contribution in [0.5, 0.6) is 46.0 Å². The van der Waals surface area contributed by atoms with Gasteiger partial charge >= 0.3 is 29.6 Å². The minimum atomic E-state index is -1.07. The molecule has 388 valence electrons. The van der Waals surface area contributed by atoms with E-state index in [2.05, 4.69) is 21.7 Å². The Morgan fingerprint density at radius 2 is 0.548 bits per heavy atom. The normalized spacial score (nSPS) is 10.1.